The minimum absolute atomic E-state index is 0.215. The lowest BCUT2D eigenvalue weighted by Gasteiger charge is -2.04. The molecule has 82 valence electrons. The molecule has 0 aromatic rings. The first-order valence-corrected chi connectivity index (χ1v) is 5.76. The Hall–Kier alpha value is -0.680. The second-order valence-electron chi connectivity index (χ2n) is 2.79. The maximum absolute atomic E-state index is 10.6. The Morgan fingerprint density at radius 3 is 2.57 bits per heavy atom. The first kappa shape index (κ1) is 13.3. The van der Waals surface area contributed by atoms with Crippen LogP contribution in [0.25, 0.3) is 0 Å². The normalized spacial score (nSPS) is 12.1. The second-order valence-corrected chi connectivity index (χ2v) is 3.81. The number of hydrogen-bond donors (Lipinski definition) is 0. The highest BCUT2D eigenvalue weighted by atomic mass is 32.2. The van der Waals surface area contributed by atoms with Crippen LogP contribution in [0, 0.1) is 0 Å². The highest BCUT2D eigenvalue weighted by Gasteiger charge is 1.95. The van der Waals surface area contributed by atoms with Crippen molar-refractivity contribution in [2.75, 3.05) is 12.4 Å². The van der Waals surface area contributed by atoms with E-state index in [-0.39, 0.29) is 5.75 Å². The molecule has 0 aliphatic rings. The molecule has 4 nitrogen and oxygen atoms in total. The highest BCUT2D eigenvalue weighted by molar-refractivity contribution is 7.79. The van der Waals surface area contributed by atoms with Gasteiger partial charge in [-0.05, 0) is 12.8 Å². The zero-order chi connectivity index (χ0) is 10.8. The van der Waals surface area contributed by atoms with Crippen molar-refractivity contribution in [1.82, 2.24) is 0 Å². The molecule has 1 unspecified atom stereocenters. The SMILES string of the molecule is C=CC(=O)OCCCCCCS(=O)[O-]. The third kappa shape index (κ3) is 9.41. The van der Waals surface area contributed by atoms with Gasteiger partial charge in [-0.15, -0.1) is 0 Å². The molecule has 1 atom stereocenters. The molecule has 0 saturated carbocycles. The van der Waals surface area contributed by atoms with E-state index in [9.17, 15) is 13.6 Å². The quantitative estimate of drug-likeness (QED) is 0.266. The molecule has 5 heteroatoms. The van der Waals surface area contributed by atoms with E-state index >= 15 is 0 Å². The molecule has 0 aliphatic heterocycles. The van der Waals surface area contributed by atoms with Gasteiger partial charge >= 0.3 is 5.97 Å². The Balaban J connectivity index is 3.10. The summed E-state index contributed by atoms with van der Waals surface area (Å²) in [6.45, 7) is 3.65. The Morgan fingerprint density at radius 1 is 1.36 bits per heavy atom. The summed E-state index contributed by atoms with van der Waals surface area (Å²) in [5.41, 5.74) is 0. The maximum Gasteiger partial charge on any atom is 0.330 e. The van der Waals surface area contributed by atoms with Crippen molar-refractivity contribution in [2.24, 2.45) is 0 Å². The van der Waals surface area contributed by atoms with Crippen LogP contribution in [0.5, 0.6) is 0 Å². The van der Waals surface area contributed by atoms with Crippen LogP contribution in [0.3, 0.4) is 0 Å². The van der Waals surface area contributed by atoms with Gasteiger partial charge in [-0.25, -0.2) is 4.79 Å². The number of ether oxygens (including phenoxy) is 1. The summed E-state index contributed by atoms with van der Waals surface area (Å²) < 4.78 is 25.0. The second kappa shape index (κ2) is 8.90. The summed E-state index contributed by atoms with van der Waals surface area (Å²) in [5.74, 6) is -0.197. The Bertz CT molecular complexity index is 203. The van der Waals surface area contributed by atoms with Crippen molar-refractivity contribution in [1.29, 1.82) is 0 Å². The highest BCUT2D eigenvalue weighted by Crippen LogP contribution is 2.00. The van der Waals surface area contributed by atoms with Crippen molar-refractivity contribution in [3.63, 3.8) is 0 Å². The van der Waals surface area contributed by atoms with Crippen molar-refractivity contribution in [3.05, 3.63) is 12.7 Å². The lowest BCUT2D eigenvalue weighted by Crippen LogP contribution is -2.02. The molecule has 0 aromatic heterocycles. The molecule has 0 N–H and O–H groups in total. The van der Waals surface area contributed by atoms with Gasteiger partial charge in [0.05, 0.1) is 6.61 Å². The first-order valence-electron chi connectivity index (χ1n) is 4.52. The minimum atomic E-state index is -1.93. The molecular formula is C9H15O4S-. The standard InChI is InChI=1S/C9H16O4S/c1-2-9(10)13-7-5-3-4-6-8-14(11)12/h2H,1,3-8H2,(H,11,12)/p-1. The zero-order valence-corrected chi connectivity index (χ0v) is 8.88. The van der Waals surface area contributed by atoms with Crippen LogP contribution in [-0.4, -0.2) is 27.1 Å². The average molecular weight is 219 g/mol. The molecule has 0 heterocycles. The predicted octanol–water partition coefficient (Wildman–Crippen LogP) is 1.16. The minimum Gasteiger partial charge on any atom is -0.772 e. The first-order chi connectivity index (χ1) is 6.66. The fourth-order valence-corrected chi connectivity index (χ4v) is 1.35. The molecule has 0 spiro atoms. The number of unbranched alkanes of at least 4 members (excludes halogenated alkanes) is 3. The van der Waals surface area contributed by atoms with Gasteiger partial charge in [0.15, 0.2) is 0 Å². The fourth-order valence-electron chi connectivity index (χ4n) is 0.907. The van der Waals surface area contributed by atoms with Gasteiger partial charge in [0, 0.05) is 11.8 Å². The molecule has 0 aromatic carbocycles. The largest absolute Gasteiger partial charge is 0.772 e. The smallest absolute Gasteiger partial charge is 0.330 e. The monoisotopic (exact) mass is 219 g/mol. The van der Waals surface area contributed by atoms with Gasteiger partial charge in [0.2, 0.25) is 0 Å². The zero-order valence-electron chi connectivity index (χ0n) is 8.07. The molecule has 14 heavy (non-hydrogen) atoms. The number of hydrogen-bond acceptors (Lipinski definition) is 4. The third-order valence-corrected chi connectivity index (χ3v) is 2.24. The van der Waals surface area contributed by atoms with Gasteiger partial charge in [0.25, 0.3) is 0 Å². The van der Waals surface area contributed by atoms with Gasteiger partial charge in [-0.3, -0.25) is 4.21 Å². The van der Waals surface area contributed by atoms with Gasteiger partial charge in [-0.2, -0.15) is 0 Å². The van der Waals surface area contributed by atoms with Crippen LogP contribution in [0.2, 0.25) is 0 Å². The van der Waals surface area contributed by atoms with Crippen LogP contribution in [0.15, 0.2) is 12.7 Å². The fraction of sp³-hybridized carbons (Fsp3) is 0.667. The topological polar surface area (TPSA) is 66.4 Å². The van der Waals surface area contributed by atoms with Crippen LogP contribution in [0.1, 0.15) is 25.7 Å². The summed E-state index contributed by atoms with van der Waals surface area (Å²) in [6, 6.07) is 0. The van der Waals surface area contributed by atoms with E-state index in [1.54, 1.807) is 0 Å². The van der Waals surface area contributed by atoms with Crippen molar-refractivity contribution in [2.45, 2.75) is 25.7 Å². The summed E-state index contributed by atoms with van der Waals surface area (Å²) in [7, 11) is 0. The molecule has 0 aliphatic carbocycles. The van der Waals surface area contributed by atoms with Crippen molar-refractivity contribution in [3.8, 4) is 0 Å². The predicted molar refractivity (Wildman–Crippen MR) is 53.4 cm³/mol. The maximum atomic E-state index is 10.6. The average Bonchev–Trinajstić information content (AvgIpc) is 2.15. The molecule has 0 radical (unpaired) electrons. The van der Waals surface area contributed by atoms with Gasteiger partial charge < -0.3 is 9.29 Å². The van der Waals surface area contributed by atoms with E-state index in [2.05, 4.69) is 6.58 Å². The molecule has 0 fully saturated rings. The summed E-state index contributed by atoms with van der Waals surface area (Å²) >= 11 is -1.93. The lowest BCUT2D eigenvalue weighted by molar-refractivity contribution is -0.137. The summed E-state index contributed by atoms with van der Waals surface area (Å²) in [6.07, 6.45) is 4.29. The molecule has 0 rings (SSSR count). The van der Waals surface area contributed by atoms with E-state index in [0.29, 0.717) is 13.0 Å². The van der Waals surface area contributed by atoms with E-state index < -0.39 is 17.0 Å². The Kier molecular flexibility index (Phi) is 8.47. The summed E-state index contributed by atoms with van der Waals surface area (Å²) in [5, 5.41) is 0. The Morgan fingerprint density at radius 2 is 2.00 bits per heavy atom. The van der Waals surface area contributed by atoms with Crippen LogP contribution >= 0.6 is 0 Å². The number of carbonyl (C=O) groups excluding carboxylic acids is 1. The van der Waals surface area contributed by atoms with Crippen LogP contribution < -0.4 is 0 Å². The number of rotatable bonds is 8. The van der Waals surface area contributed by atoms with Gasteiger partial charge in [0.1, 0.15) is 0 Å². The van der Waals surface area contributed by atoms with E-state index in [0.717, 1.165) is 25.3 Å². The number of carbonyl (C=O) groups is 1. The Labute approximate surface area is 86.6 Å². The molecule has 0 bridgehead atoms. The molecule has 0 saturated heterocycles. The number of esters is 1. The third-order valence-electron chi connectivity index (χ3n) is 1.62. The van der Waals surface area contributed by atoms with Crippen molar-refractivity contribution < 1.29 is 18.3 Å². The van der Waals surface area contributed by atoms with Crippen LogP contribution in [0.4, 0.5) is 0 Å². The van der Waals surface area contributed by atoms with E-state index in [1.807, 2.05) is 0 Å². The summed E-state index contributed by atoms with van der Waals surface area (Å²) in [4.78, 5) is 10.6. The van der Waals surface area contributed by atoms with E-state index in [1.165, 1.54) is 0 Å². The molecular weight excluding hydrogens is 204 g/mol. The van der Waals surface area contributed by atoms with Crippen LogP contribution in [-0.2, 0) is 20.6 Å². The molecule has 0 amide bonds. The lowest BCUT2D eigenvalue weighted by atomic mass is 10.2. The van der Waals surface area contributed by atoms with Gasteiger partial charge in [-0.1, -0.05) is 30.5 Å². The van der Waals surface area contributed by atoms with Crippen molar-refractivity contribution >= 4 is 17.0 Å². The van der Waals surface area contributed by atoms with E-state index in [4.69, 9.17) is 4.74 Å².